The molecule has 3 aromatic rings. The van der Waals surface area contributed by atoms with E-state index >= 15 is 0 Å². The summed E-state index contributed by atoms with van der Waals surface area (Å²) in [6, 6.07) is 16.4. The summed E-state index contributed by atoms with van der Waals surface area (Å²) >= 11 is 0. The average molecular weight is 577 g/mol. The Bertz CT molecular complexity index is 1400. The number of aromatic nitrogens is 2. The Morgan fingerprint density at radius 1 is 1.05 bits per heavy atom. The standard InChI is InChI=1S/C31H34F2N6O3/c32-23-11-9-20(10-12-23)24-19-27(24)35-15-1-4-26(29(41)39-17-13-31(33,14-18-39)30(34)42)37-28(40)22-7-5-21(6-8-22)25-3-2-16-36-38-25/h2-3,5-12,16,24,26-27,35H,1,4,13-15,17-19H2,(H2,34,42)(H,37,40)/t24-,26-,27+/m0/s1. The van der Waals surface area contributed by atoms with Crippen LogP contribution in [-0.2, 0) is 9.59 Å². The predicted octanol–water partition coefficient (Wildman–Crippen LogP) is 3.12. The summed E-state index contributed by atoms with van der Waals surface area (Å²) in [4.78, 5) is 39.7. The average Bonchev–Trinajstić information content (AvgIpc) is 3.79. The van der Waals surface area contributed by atoms with Crippen molar-refractivity contribution in [2.75, 3.05) is 19.6 Å². The van der Waals surface area contributed by atoms with Crippen LogP contribution in [0.25, 0.3) is 11.3 Å². The molecule has 2 aliphatic rings. The van der Waals surface area contributed by atoms with Crippen LogP contribution >= 0.6 is 0 Å². The molecule has 5 rings (SSSR count). The van der Waals surface area contributed by atoms with Crippen LogP contribution < -0.4 is 16.4 Å². The van der Waals surface area contributed by atoms with Crippen molar-refractivity contribution in [2.24, 2.45) is 5.73 Å². The first kappa shape index (κ1) is 29.2. The van der Waals surface area contributed by atoms with Crippen molar-refractivity contribution in [1.29, 1.82) is 0 Å². The van der Waals surface area contributed by atoms with Crippen LogP contribution in [-0.4, -0.2) is 70.2 Å². The fourth-order valence-corrected chi connectivity index (χ4v) is 5.39. The number of nitrogens with one attached hydrogen (secondary N) is 2. The van der Waals surface area contributed by atoms with E-state index in [-0.39, 0.29) is 43.7 Å². The van der Waals surface area contributed by atoms with Crippen molar-refractivity contribution in [1.82, 2.24) is 25.7 Å². The second-order valence-electron chi connectivity index (χ2n) is 11.0. The molecule has 42 heavy (non-hydrogen) atoms. The lowest BCUT2D eigenvalue weighted by Gasteiger charge is -2.36. The van der Waals surface area contributed by atoms with Gasteiger partial charge in [-0.1, -0.05) is 24.3 Å². The minimum absolute atomic E-state index is 0.0388. The zero-order valence-corrected chi connectivity index (χ0v) is 23.1. The van der Waals surface area contributed by atoms with E-state index in [1.54, 1.807) is 48.7 Å². The number of rotatable bonds is 11. The highest BCUT2D eigenvalue weighted by molar-refractivity contribution is 5.98. The summed E-state index contributed by atoms with van der Waals surface area (Å²) in [7, 11) is 0. The van der Waals surface area contributed by atoms with Crippen LogP contribution in [0, 0.1) is 5.82 Å². The summed E-state index contributed by atoms with van der Waals surface area (Å²) in [5.74, 6) is -1.67. The lowest BCUT2D eigenvalue weighted by Crippen LogP contribution is -2.55. The smallest absolute Gasteiger partial charge is 0.255 e. The van der Waals surface area contributed by atoms with Crippen LogP contribution in [0.1, 0.15) is 53.9 Å². The third kappa shape index (κ3) is 6.96. The highest BCUT2D eigenvalue weighted by atomic mass is 19.1. The molecular formula is C31H34F2N6O3. The number of nitrogens with zero attached hydrogens (tertiary/aromatic N) is 3. The maximum absolute atomic E-state index is 14.7. The van der Waals surface area contributed by atoms with Gasteiger partial charge in [-0.25, -0.2) is 8.78 Å². The molecule has 2 aromatic carbocycles. The molecule has 0 unspecified atom stereocenters. The first-order valence-electron chi connectivity index (χ1n) is 14.2. The molecule has 2 heterocycles. The molecule has 0 radical (unpaired) electrons. The molecule has 0 bridgehead atoms. The van der Waals surface area contributed by atoms with Crippen molar-refractivity contribution in [2.45, 2.75) is 55.8 Å². The first-order valence-corrected chi connectivity index (χ1v) is 14.2. The number of carbonyl (C=O) groups excluding carboxylic acids is 3. The van der Waals surface area contributed by atoms with Gasteiger partial charge >= 0.3 is 0 Å². The van der Waals surface area contributed by atoms with E-state index < -0.39 is 23.5 Å². The van der Waals surface area contributed by atoms with E-state index in [0.717, 1.165) is 17.5 Å². The number of halogens is 2. The number of carbonyl (C=O) groups is 3. The van der Waals surface area contributed by atoms with Crippen molar-refractivity contribution >= 4 is 17.7 Å². The quantitative estimate of drug-likeness (QED) is 0.301. The molecule has 3 atom stereocenters. The largest absolute Gasteiger partial charge is 0.367 e. The molecule has 1 saturated carbocycles. The SMILES string of the molecule is NC(=O)C1(F)CCN(C(=O)[C@H](CCCN[C@@H]2C[C@H]2c2ccc(F)cc2)NC(=O)c2ccc(-c3cccnn3)cc2)CC1. The van der Waals surface area contributed by atoms with Gasteiger partial charge in [-0.3, -0.25) is 14.4 Å². The minimum atomic E-state index is -2.13. The Balaban J connectivity index is 1.19. The number of benzene rings is 2. The molecule has 1 aromatic heterocycles. The van der Waals surface area contributed by atoms with Crippen LogP contribution in [0.4, 0.5) is 8.78 Å². The van der Waals surface area contributed by atoms with Gasteiger partial charge < -0.3 is 21.3 Å². The maximum atomic E-state index is 14.7. The Hall–Kier alpha value is -4.25. The van der Waals surface area contributed by atoms with E-state index in [9.17, 15) is 23.2 Å². The number of alkyl halides is 1. The van der Waals surface area contributed by atoms with E-state index in [1.165, 1.54) is 17.0 Å². The van der Waals surface area contributed by atoms with Gasteiger partial charge in [0.15, 0.2) is 5.67 Å². The topological polar surface area (TPSA) is 130 Å². The van der Waals surface area contributed by atoms with Gasteiger partial charge in [0.05, 0.1) is 5.69 Å². The van der Waals surface area contributed by atoms with E-state index in [1.807, 2.05) is 6.07 Å². The second kappa shape index (κ2) is 12.7. The third-order valence-corrected chi connectivity index (χ3v) is 8.09. The normalized spacial score (nSPS) is 20.0. The number of primary amides is 1. The molecule has 1 saturated heterocycles. The van der Waals surface area contributed by atoms with E-state index in [2.05, 4.69) is 20.8 Å². The maximum Gasteiger partial charge on any atom is 0.255 e. The molecule has 2 fully saturated rings. The van der Waals surface area contributed by atoms with E-state index in [4.69, 9.17) is 5.73 Å². The lowest BCUT2D eigenvalue weighted by atomic mass is 9.92. The monoisotopic (exact) mass is 576 g/mol. The third-order valence-electron chi connectivity index (χ3n) is 8.09. The Kier molecular flexibility index (Phi) is 8.86. The summed E-state index contributed by atoms with van der Waals surface area (Å²) in [5, 5.41) is 14.3. The van der Waals surface area contributed by atoms with Crippen LogP contribution in [0.2, 0.25) is 0 Å². The molecule has 9 nitrogen and oxygen atoms in total. The number of hydrogen-bond acceptors (Lipinski definition) is 6. The zero-order valence-electron chi connectivity index (χ0n) is 23.1. The summed E-state index contributed by atoms with van der Waals surface area (Å²) in [6.07, 6.45) is 3.16. The summed E-state index contributed by atoms with van der Waals surface area (Å²) < 4.78 is 27.9. The van der Waals surface area contributed by atoms with Gasteiger partial charge in [0.25, 0.3) is 11.8 Å². The van der Waals surface area contributed by atoms with Gasteiger partial charge in [0, 0.05) is 55.2 Å². The fourth-order valence-electron chi connectivity index (χ4n) is 5.39. The van der Waals surface area contributed by atoms with Gasteiger partial charge in [0.2, 0.25) is 5.91 Å². The Morgan fingerprint density at radius 2 is 1.76 bits per heavy atom. The Labute approximate surface area is 242 Å². The predicted molar refractivity (Wildman–Crippen MR) is 152 cm³/mol. The van der Waals surface area contributed by atoms with Gasteiger partial charge in [-0.2, -0.15) is 10.2 Å². The van der Waals surface area contributed by atoms with Crippen LogP contribution in [0.15, 0.2) is 66.9 Å². The highest BCUT2D eigenvalue weighted by Crippen LogP contribution is 2.40. The molecule has 1 aliphatic carbocycles. The van der Waals surface area contributed by atoms with E-state index in [0.29, 0.717) is 36.6 Å². The minimum Gasteiger partial charge on any atom is -0.367 e. The van der Waals surface area contributed by atoms with Crippen molar-refractivity contribution < 1.29 is 23.2 Å². The number of hydrogen-bond donors (Lipinski definition) is 3. The molecule has 1 aliphatic heterocycles. The molecule has 3 amide bonds. The first-order chi connectivity index (χ1) is 20.2. The summed E-state index contributed by atoms with van der Waals surface area (Å²) in [6.45, 7) is 0.707. The van der Waals surface area contributed by atoms with Gasteiger partial charge in [0.1, 0.15) is 11.9 Å². The van der Waals surface area contributed by atoms with Crippen LogP contribution in [0.3, 0.4) is 0 Å². The molecule has 0 spiro atoms. The fraction of sp³-hybridized carbons (Fsp3) is 0.387. The number of piperidine rings is 1. The lowest BCUT2D eigenvalue weighted by molar-refractivity contribution is -0.141. The zero-order chi connectivity index (χ0) is 29.7. The second-order valence-corrected chi connectivity index (χ2v) is 11.0. The highest BCUT2D eigenvalue weighted by Gasteiger charge is 2.42. The van der Waals surface area contributed by atoms with Crippen molar-refractivity contribution in [3.63, 3.8) is 0 Å². The van der Waals surface area contributed by atoms with Gasteiger partial charge in [-0.15, -0.1) is 0 Å². The van der Waals surface area contributed by atoms with Crippen molar-refractivity contribution in [3.8, 4) is 11.3 Å². The molecule has 220 valence electrons. The van der Waals surface area contributed by atoms with Gasteiger partial charge in [-0.05, 0) is 67.8 Å². The number of likely N-dealkylation sites (tertiary alicyclic amines) is 1. The van der Waals surface area contributed by atoms with Crippen LogP contribution in [0.5, 0.6) is 0 Å². The summed E-state index contributed by atoms with van der Waals surface area (Å²) in [5.41, 5.74) is 6.04. The molecule has 11 heteroatoms. The van der Waals surface area contributed by atoms with Crippen molar-refractivity contribution in [3.05, 3.63) is 83.8 Å². The molecule has 4 N–H and O–H groups in total. The Morgan fingerprint density at radius 3 is 2.40 bits per heavy atom. The number of amides is 3. The molecular weight excluding hydrogens is 542 g/mol. The number of nitrogens with two attached hydrogens (primary N) is 1.